The summed E-state index contributed by atoms with van der Waals surface area (Å²) in [6.45, 7) is 0.565. The number of nitrogens with zero attached hydrogens (tertiary/aromatic N) is 2. The van der Waals surface area contributed by atoms with Gasteiger partial charge in [0.05, 0.1) is 12.3 Å². The molecule has 0 saturated carbocycles. The number of hydrogen-bond acceptors (Lipinski definition) is 3. The molecule has 0 bridgehead atoms. The molecule has 160 valence electrons. The Kier molecular flexibility index (Phi) is 6.26. The molecule has 0 fully saturated rings. The summed E-state index contributed by atoms with van der Waals surface area (Å²) in [4.78, 5) is 31.8. The molecule has 0 aliphatic carbocycles. The number of benzene rings is 3. The molecule has 2 amide bonds. The zero-order chi connectivity index (χ0) is 22.5. The molecule has 3 aromatic carbocycles. The molecule has 32 heavy (non-hydrogen) atoms. The second kappa shape index (κ2) is 9.43. The lowest BCUT2D eigenvalue weighted by atomic mass is 9.98. The molecule has 0 saturated heterocycles. The van der Waals surface area contributed by atoms with Crippen LogP contribution in [0.3, 0.4) is 0 Å². The smallest absolute Gasteiger partial charge is 0.254 e. The second-order valence-corrected chi connectivity index (χ2v) is 7.81. The van der Waals surface area contributed by atoms with Gasteiger partial charge in [0.25, 0.3) is 5.91 Å². The van der Waals surface area contributed by atoms with Gasteiger partial charge in [-0.25, -0.2) is 0 Å². The first kappa shape index (κ1) is 21.2. The summed E-state index contributed by atoms with van der Waals surface area (Å²) in [5.41, 5.74) is 10.9. The minimum atomic E-state index is -0.751. The average molecular weight is 424 g/mol. The molecule has 4 rings (SSSR count). The highest BCUT2D eigenvalue weighted by molar-refractivity contribution is 6.19. The minimum Gasteiger partial charge on any atom is -0.368 e. The summed E-state index contributed by atoms with van der Waals surface area (Å²) in [6.07, 6.45) is 2.39. The molecule has 2 N–H and O–H groups in total. The predicted octanol–water partition coefficient (Wildman–Crippen LogP) is 3.74. The van der Waals surface area contributed by atoms with Crippen LogP contribution in [0.4, 0.5) is 0 Å². The Morgan fingerprint density at radius 3 is 2.25 bits per heavy atom. The van der Waals surface area contributed by atoms with Crippen molar-refractivity contribution in [1.29, 1.82) is 0 Å². The van der Waals surface area contributed by atoms with Crippen LogP contribution in [-0.2, 0) is 11.2 Å². The van der Waals surface area contributed by atoms with E-state index in [1.807, 2.05) is 72.8 Å². The first-order chi connectivity index (χ1) is 15.5. The van der Waals surface area contributed by atoms with Gasteiger partial charge in [-0.1, -0.05) is 78.9 Å². The molecule has 5 nitrogen and oxygen atoms in total. The third kappa shape index (κ3) is 4.52. The summed E-state index contributed by atoms with van der Waals surface area (Å²) >= 11 is 0. The van der Waals surface area contributed by atoms with E-state index in [-0.39, 0.29) is 5.91 Å². The zero-order valence-electron chi connectivity index (χ0n) is 17.9. The Labute approximate surface area is 187 Å². The molecule has 0 aromatic heterocycles. The van der Waals surface area contributed by atoms with Gasteiger partial charge in [-0.15, -0.1) is 0 Å². The maximum Gasteiger partial charge on any atom is 0.254 e. The van der Waals surface area contributed by atoms with Crippen LogP contribution < -0.4 is 5.73 Å². The molecule has 0 unspecified atom stereocenters. The van der Waals surface area contributed by atoms with Crippen molar-refractivity contribution in [3.8, 4) is 0 Å². The van der Waals surface area contributed by atoms with Gasteiger partial charge in [-0.05, 0) is 28.8 Å². The Morgan fingerprint density at radius 2 is 1.56 bits per heavy atom. The van der Waals surface area contributed by atoms with Crippen molar-refractivity contribution in [1.82, 2.24) is 4.90 Å². The van der Waals surface area contributed by atoms with Crippen molar-refractivity contribution >= 4 is 23.1 Å². The molecule has 1 aliphatic rings. The van der Waals surface area contributed by atoms with Crippen molar-refractivity contribution in [3.05, 3.63) is 113 Å². The molecule has 5 heteroatoms. The van der Waals surface area contributed by atoms with Gasteiger partial charge in [0.15, 0.2) is 0 Å². The monoisotopic (exact) mass is 423 g/mol. The molecular weight excluding hydrogens is 398 g/mol. The Hall–Kier alpha value is -3.99. The van der Waals surface area contributed by atoms with Gasteiger partial charge in [-0.3, -0.25) is 14.6 Å². The SMILES string of the molecule is CN(C(=O)c1ccccc1C1=NCC(c2ccccc2)=C1)[C@@H](Cc1ccccc1)C(N)=O. The van der Waals surface area contributed by atoms with Crippen LogP contribution in [0.25, 0.3) is 5.57 Å². The van der Waals surface area contributed by atoms with Gasteiger partial charge in [0.2, 0.25) is 5.91 Å². The van der Waals surface area contributed by atoms with Gasteiger partial charge in [-0.2, -0.15) is 0 Å². The van der Waals surface area contributed by atoms with Crippen LogP contribution in [0.1, 0.15) is 27.0 Å². The number of rotatable bonds is 7. The highest BCUT2D eigenvalue weighted by Gasteiger charge is 2.28. The van der Waals surface area contributed by atoms with Crippen molar-refractivity contribution < 1.29 is 9.59 Å². The zero-order valence-corrected chi connectivity index (χ0v) is 17.9. The molecule has 1 atom stereocenters. The van der Waals surface area contributed by atoms with Gasteiger partial charge in [0.1, 0.15) is 6.04 Å². The first-order valence-corrected chi connectivity index (χ1v) is 10.5. The molecular formula is C27H25N3O2. The topological polar surface area (TPSA) is 75.8 Å². The lowest BCUT2D eigenvalue weighted by Crippen LogP contribution is -2.47. The van der Waals surface area contributed by atoms with Crippen LogP contribution in [0, 0.1) is 0 Å². The lowest BCUT2D eigenvalue weighted by Gasteiger charge is -2.26. The fourth-order valence-electron chi connectivity index (χ4n) is 3.91. The van der Waals surface area contributed by atoms with E-state index < -0.39 is 11.9 Å². The van der Waals surface area contributed by atoms with Gasteiger partial charge in [0, 0.05) is 24.6 Å². The minimum absolute atomic E-state index is 0.260. The standard InChI is InChI=1S/C27H25N3O2/c1-30(25(26(28)31)16-19-10-4-2-5-11-19)27(32)23-15-9-8-14-22(23)24-17-21(18-29-24)20-12-6-3-7-13-20/h2-15,17,25H,16,18H2,1H3,(H2,28,31)/t25-/m0/s1. The van der Waals surface area contributed by atoms with Crippen molar-refractivity contribution in [2.75, 3.05) is 13.6 Å². The quantitative estimate of drug-likeness (QED) is 0.629. The number of aliphatic imine (C=N–C) groups is 1. The molecule has 0 spiro atoms. The van der Waals surface area contributed by atoms with Crippen molar-refractivity contribution in [2.45, 2.75) is 12.5 Å². The van der Waals surface area contributed by atoms with Crippen LogP contribution in [0.2, 0.25) is 0 Å². The van der Waals surface area contributed by atoms with Crippen LogP contribution >= 0.6 is 0 Å². The molecule has 1 heterocycles. The largest absolute Gasteiger partial charge is 0.368 e. The Bertz CT molecular complexity index is 1180. The summed E-state index contributed by atoms with van der Waals surface area (Å²) in [7, 11) is 1.62. The molecule has 3 aromatic rings. The van der Waals surface area contributed by atoms with Crippen molar-refractivity contribution in [3.63, 3.8) is 0 Å². The summed E-state index contributed by atoms with van der Waals surface area (Å²) in [5, 5.41) is 0. The summed E-state index contributed by atoms with van der Waals surface area (Å²) < 4.78 is 0. The normalized spacial score (nSPS) is 13.8. The van der Waals surface area contributed by atoms with E-state index in [1.54, 1.807) is 13.1 Å². The summed E-state index contributed by atoms with van der Waals surface area (Å²) in [6, 6.07) is 26.3. The maximum absolute atomic E-state index is 13.5. The number of carbonyl (C=O) groups excluding carboxylic acids is 2. The van der Waals surface area contributed by atoms with E-state index in [1.165, 1.54) is 4.90 Å². The first-order valence-electron chi connectivity index (χ1n) is 10.5. The Morgan fingerprint density at radius 1 is 0.938 bits per heavy atom. The van der Waals surface area contributed by atoms with Crippen LogP contribution in [0.5, 0.6) is 0 Å². The number of allylic oxidation sites excluding steroid dienone is 1. The third-order valence-electron chi connectivity index (χ3n) is 5.70. The third-order valence-corrected chi connectivity index (χ3v) is 5.70. The fraction of sp³-hybridized carbons (Fsp3) is 0.148. The van der Waals surface area contributed by atoms with E-state index in [9.17, 15) is 9.59 Å². The van der Waals surface area contributed by atoms with E-state index in [0.717, 1.165) is 28.0 Å². The van der Waals surface area contributed by atoms with Crippen molar-refractivity contribution in [2.24, 2.45) is 10.7 Å². The lowest BCUT2D eigenvalue weighted by molar-refractivity contribution is -0.122. The Balaban J connectivity index is 1.61. The number of hydrogen-bond donors (Lipinski definition) is 1. The number of likely N-dealkylation sites (N-methyl/N-ethyl adjacent to an activating group) is 1. The number of primary amides is 1. The highest BCUT2D eigenvalue weighted by Crippen LogP contribution is 2.24. The number of carbonyl (C=O) groups is 2. The van der Waals surface area contributed by atoms with E-state index in [2.05, 4.69) is 17.1 Å². The van der Waals surface area contributed by atoms with Gasteiger partial charge < -0.3 is 10.6 Å². The van der Waals surface area contributed by atoms with E-state index in [4.69, 9.17) is 5.73 Å². The molecule has 0 radical (unpaired) electrons. The van der Waals surface area contributed by atoms with Crippen LogP contribution in [0.15, 0.2) is 96.0 Å². The van der Waals surface area contributed by atoms with E-state index in [0.29, 0.717) is 18.5 Å². The van der Waals surface area contributed by atoms with Crippen LogP contribution in [-0.4, -0.2) is 42.1 Å². The highest BCUT2D eigenvalue weighted by atomic mass is 16.2. The molecule has 1 aliphatic heterocycles. The predicted molar refractivity (Wildman–Crippen MR) is 127 cm³/mol. The van der Waals surface area contributed by atoms with Gasteiger partial charge >= 0.3 is 0 Å². The van der Waals surface area contributed by atoms with E-state index >= 15 is 0 Å². The fourth-order valence-corrected chi connectivity index (χ4v) is 3.91. The number of amides is 2. The average Bonchev–Trinajstić information content (AvgIpc) is 3.33. The number of nitrogens with two attached hydrogens (primary N) is 1. The maximum atomic E-state index is 13.5. The second-order valence-electron chi connectivity index (χ2n) is 7.81. The summed E-state index contributed by atoms with van der Waals surface area (Å²) in [5.74, 6) is -0.795.